The number of halogens is 1. The molecule has 2 aromatic carbocycles. The van der Waals surface area contributed by atoms with Crippen LogP contribution in [0.2, 0.25) is 5.02 Å². The largest absolute Gasteiger partial charge is 0.421 e. The second-order valence-electron chi connectivity index (χ2n) is 4.89. The highest BCUT2D eigenvalue weighted by Gasteiger charge is 2.17. The van der Waals surface area contributed by atoms with Gasteiger partial charge in [-0.1, -0.05) is 29.8 Å². The molecule has 0 bridgehead atoms. The maximum absolute atomic E-state index is 12.3. The predicted molar refractivity (Wildman–Crippen MR) is 86.9 cm³/mol. The van der Waals surface area contributed by atoms with Crippen LogP contribution in [-0.4, -0.2) is 24.4 Å². The maximum atomic E-state index is 12.3. The van der Waals surface area contributed by atoms with Gasteiger partial charge < -0.3 is 4.42 Å². The minimum atomic E-state index is -3.42. The summed E-state index contributed by atoms with van der Waals surface area (Å²) in [5.41, 5.74) is 0.798. The first kappa shape index (κ1) is 15.7. The van der Waals surface area contributed by atoms with Gasteiger partial charge in [-0.2, -0.15) is 0 Å². The van der Waals surface area contributed by atoms with Crippen molar-refractivity contribution in [1.29, 1.82) is 0 Å². The van der Waals surface area contributed by atoms with Gasteiger partial charge in [0.05, 0.1) is 10.6 Å². The third-order valence-corrected chi connectivity index (χ3v) is 5.23. The van der Waals surface area contributed by atoms with E-state index in [0.29, 0.717) is 16.8 Å². The van der Waals surface area contributed by atoms with Crippen LogP contribution in [0.1, 0.15) is 5.89 Å². The van der Waals surface area contributed by atoms with Crippen molar-refractivity contribution in [3.8, 4) is 11.5 Å². The molecule has 1 heterocycles. The smallest absolute Gasteiger partial charge is 0.247 e. The molecule has 0 spiro atoms. The maximum Gasteiger partial charge on any atom is 0.247 e. The summed E-state index contributed by atoms with van der Waals surface area (Å²) in [6.45, 7) is 0. The molecule has 0 N–H and O–H groups in total. The molecule has 0 radical (unpaired) electrons. The van der Waals surface area contributed by atoms with Crippen LogP contribution in [0.4, 0.5) is 0 Å². The summed E-state index contributed by atoms with van der Waals surface area (Å²) in [6.07, 6.45) is 0.158. The summed E-state index contributed by atoms with van der Waals surface area (Å²) >= 11 is 5.77. The van der Waals surface area contributed by atoms with Gasteiger partial charge in [0.2, 0.25) is 11.8 Å². The highest BCUT2D eigenvalue weighted by atomic mass is 35.5. The second kappa shape index (κ2) is 6.52. The van der Waals surface area contributed by atoms with Crippen molar-refractivity contribution in [2.24, 2.45) is 0 Å². The van der Waals surface area contributed by atoms with Crippen molar-refractivity contribution >= 4 is 21.4 Å². The van der Waals surface area contributed by atoms with Gasteiger partial charge in [0.25, 0.3) is 0 Å². The summed E-state index contributed by atoms with van der Waals surface area (Å²) in [4.78, 5) is 0.227. The summed E-state index contributed by atoms with van der Waals surface area (Å²) in [7, 11) is -3.42. The molecule has 0 saturated carbocycles. The molecule has 3 aromatic rings. The first-order chi connectivity index (χ1) is 11.0. The van der Waals surface area contributed by atoms with E-state index in [1.54, 1.807) is 12.1 Å². The number of sulfone groups is 1. The lowest BCUT2D eigenvalue weighted by Crippen LogP contribution is -2.09. The zero-order valence-electron chi connectivity index (χ0n) is 12.0. The van der Waals surface area contributed by atoms with Crippen LogP contribution >= 0.6 is 11.6 Å². The number of aryl methyl sites for hydroxylation is 1. The predicted octanol–water partition coefficient (Wildman–Crippen LogP) is 3.41. The lowest BCUT2D eigenvalue weighted by atomic mass is 10.2. The number of benzene rings is 2. The number of rotatable bonds is 5. The molecule has 5 nitrogen and oxygen atoms in total. The van der Waals surface area contributed by atoms with E-state index >= 15 is 0 Å². The van der Waals surface area contributed by atoms with Crippen LogP contribution in [0.3, 0.4) is 0 Å². The molecule has 0 amide bonds. The lowest BCUT2D eigenvalue weighted by molar-refractivity contribution is 0.510. The number of aromatic nitrogens is 2. The molecule has 1 aromatic heterocycles. The SMILES string of the molecule is O=S(=O)(CCc1nnc(-c2ccccc2)o1)c1ccc(Cl)cc1. The molecule has 0 aliphatic heterocycles. The van der Waals surface area contributed by atoms with Gasteiger partial charge in [0.15, 0.2) is 9.84 Å². The normalized spacial score (nSPS) is 11.5. The zero-order chi connectivity index (χ0) is 16.3. The number of hydrogen-bond acceptors (Lipinski definition) is 5. The highest BCUT2D eigenvalue weighted by molar-refractivity contribution is 7.91. The third-order valence-electron chi connectivity index (χ3n) is 3.24. The quantitative estimate of drug-likeness (QED) is 0.706. The molecule has 3 rings (SSSR count). The van der Waals surface area contributed by atoms with Gasteiger partial charge in [-0.05, 0) is 36.4 Å². The van der Waals surface area contributed by atoms with Gasteiger partial charge in [0, 0.05) is 17.0 Å². The lowest BCUT2D eigenvalue weighted by Gasteiger charge is -2.02. The van der Waals surface area contributed by atoms with Crippen LogP contribution < -0.4 is 0 Å². The van der Waals surface area contributed by atoms with E-state index in [1.165, 1.54) is 12.1 Å². The third kappa shape index (κ3) is 3.78. The Morgan fingerprint density at radius 2 is 1.65 bits per heavy atom. The van der Waals surface area contributed by atoms with Gasteiger partial charge in [-0.3, -0.25) is 0 Å². The average molecular weight is 349 g/mol. The van der Waals surface area contributed by atoms with Crippen LogP contribution in [0, 0.1) is 0 Å². The average Bonchev–Trinajstić information content (AvgIpc) is 3.03. The molecule has 0 fully saturated rings. The topological polar surface area (TPSA) is 73.1 Å². The molecule has 0 saturated heterocycles. The molecule has 0 aliphatic rings. The minimum Gasteiger partial charge on any atom is -0.421 e. The number of nitrogens with zero attached hydrogens (tertiary/aromatic N) is 2. The fraction of sp³-hybridized carbons (Fsp3) is 0.125. The molecule has 7 heteroatoms. The van der Waals surface area contributed by atoms with Crippen molar-refractivity contribution in [3.05, 3.63) is 65.5 Å². The van der Waals surface area contributed by atoms with E-state index in [1.807, 2.05) is 30.3 Å². The van der Waals surface area contributed by atoms with Crippen LogP contribution in [0.25, 0.3) is 11.5 Å². The van der Waals surface area contributed by atoms with E-state index in [4.69, 9.17) is 16.0 Å². The van der Waals surface area contributed by atoms with E-state index in [0.717, 1.165) is 5.56 Å². The molecular formula is C16H13ClN2O3S. The van der Waals surface area contributed by atoms with Gasteiger partial charge in [0.1, 0.15) is 0 Å². The van der Waals surface area contributed by atoms with Crippen molar-refractivity contribution in [3.63, 3.8) is 0 Å². The van der Waals surface area contributed by atoms with Crippen LogP contribution in [0.5, 0.6) is 0 Å². The summed E-state index contributed by atoms with van der Waals surface area (Å²) in [5.74, 6) is 0.566. The first-order valence-electron chi connectivity index (χ1n) is 6.91. The Labute approximate surface area is 138 Å². The van der Waals surface area contributed by atoms with Gasteiger partial charge >= 0.3 is 0 Å². The Morgan fingerprint density at radius 3 is 2.35 bits per heavy atom. The molecule has 23 heavy (non-hydrogen) atoms. The summed E-state index contributed by atoms with van der Waals surface area (Å²) in [6, 6.07) is 15.4. The van der Waals surface area contributed by atoms with E-state index < -0.39 is 9.84 Å². The molecule has 0 atom stereocenters. The minimum absolute atomic E-state index is 0.106. The second-order valence-corrected chi connectivity index (χ2v) is 7.44. The molecule has 118 valence electrons. The Balaban J connectivity index is 1.71. The van der Waals surface area contributed by atoms with Crippen LogP contribution in [-0.2, 0) is 16.3 Å². The van der Waals surface area contributed by atoms with Crippen LogP contribution in [0.15, 0.2) is 63.9 Å². The molecule has 0 unspecified atom stereocenters. The van der Waals surface area contributed by atoms with Crippen molar-refractivity contribution in [2.75, 3.05) is 5.75 Å². The van der Waals surface area contributed by atoms with Crippen molar-refractivity contribution < 1.29 is 12.8 Å². The van der Waals surface area contributed by atoms with E-state index in [2.05, 4.69) is 10.2 Å². The zero-order valence-corrected chi connectivity index (χ0v) is 13.6. The fourth-order valence-electron chi connectivity index (χ4n) is 2.03. The molecule has 0 aliphatic carbocycles. The Kier molecular flexibility index (Phi) is 4.45. The van der Waals surface area contributed by atoms with E-state index in [9.17, 15) is 8.42 Å². The van der Waals surface area contributed by atoms with Gasteiger partial charge in [-0.25, -0.2) is 8.42 Å². The standard InChI is InChI=1S/C16H13ClN2O3S/c17-13-6-8-14(9-7-13)23(20,21)11-10-15-18-19-16(22-15)12-4-2-1-3-5-12/h1-9H,10-11H2. The highest BCUT2D eigenvalue weighted by Crippen LogP contribution is 2.19. The fourth-order valence-corrected chi connectivity index (χ4v) is 3.39. The van der Waals surface area contributed by atoms with Crippen molar-refractivity contribution in [1.82, 2.24) is 10.2 Å². The Hall–Kier alpha value is -2.18. The Morgan fingerprint density at radius 1 is 0.957 bits per heavy atom. The van der Waals surface area contributed by atoms with Crippen molar-refractivity contribution in [2.45, 2.75) is 11.3 Å². The monoisotopic (exact) mass is 348 g/mol. The van der Waals surface area contributed by atoms with Gasteiger partial charge in [-0.15, -0.1) is 10.2 Å². The number of hydrogen-bond donors (Lipinski definition) is 0. The summed E-state index contributed by atoms with van der Waals surface area (Å²) < 4.78 is 30.0. The molecular weight excluding hydrogens is 336 g/mol. The van der Waals surface area contributed by atoms with E-state index in [-0.39, 0.29) is 17.1 Å². The summed E-state index contributed by atoms with van der Waals surface area (Å²) in [5, 5.41) is 8.34. The first-order valence-corrected chi connectivity index (χ1v) is 8.94. The Bertz CT molecular complexity index is 891.